The third-order valence-corrected chi connectivity index (χ3v) is 9.25. The van der Waals surface area contributed by atoms with E-state index >= 15 is 0 Å². The van der Waals surface area contributed by atoms with Gasteiger partial charge in [-0.3, -0.25) is 9.78 Å². The fraction of sp³-hybridized carbons (Fsp3) is 0.258. The number of alkyl halides is 5. The van der Waals surface area contributed by atoms with Gasteiger partial charge in [-0.1, -0.05) is 12.1 Å². The van der Waals surface area contributed by atoms with Crippen molar-refractivity contribution in [3.05, 3.63) is 108 Å². The highest BCUT2D eigenvalue weighted by molar-refractivity contribution is 7.89. The highest BCUT2D eigenvalue weighted by Crippen LogP contribution is 2.36. The number of rotatable bonds is 9. The van der Waals surface area contributed by atoms with Gasteiger partial charge in [0.25, 0.3) is 5.92 Å². The summed E-state index contributed by atoms with van der Waals surface area (Å²) in [7, 11) is -4.59. The van der Waals surface area contributed by atoms with Gasteiger partial charge in [0.15, 0.2) is 0 Å². The van der Waals surface area contributed by atoms with Crippen molar-refractivity contribution in [1.82, 2.24) is 19.6 Å². The Bertz CT molecular complexity index is 1810. The van der Waals surface area contributed by atoms with E-state index in [0.29, 0.717) is 21.2 Å². The molecule has 0 spiro atoms. The molecule has 0 bridgehead atoms. The van der Waals surface area contributed by atoms with Gasteiger partial charge in [-0.15, -0.1) is 0 Å². The number of carbonyl (C=O) groups is 1. The van der Waals surface area contributed by atoms with Gasteiger partial charge >= 0.3 is 6.18 Å². The molecule has 5 rings (SSSR count). The van der Waals surface area contributed by atoms with Crippen LogP contribution in [0, 0.1) is 5.82 Å². The summed E-state index contributed by atoms with van der Waals surface area (Å²) in [5.41, 5.74) is 1.01. The van der Waals surface area contributed by atoms with Crippen LogP contribution >= 0.6 is 0 Å². The van der Waals surface area contributed by atoms with Crippen molar-refractivity contribution in [1.29, 1.82) is 0 Å². The number of nitrogens with zero attached hydrogens (tertiary/aromatic N) is 3. The normalized spacial score (nSPS) is 17.4. The number of pyridine rings is 2. The lowest BCUT2D eigenvalue weighted by Gasteiger charge is -2.23. The van der Waals surface area contributed by atoms with Crippen molar-refractivity contribution < 1.29 is 39.6 Å². The van der Waals surface area contributed by atoms with Gasteiger partial charge in [0.05, 0.1) is 28.7 Å². The molecule has 1 saturated heterocycles. The molecule has 0 radical (unpaired) electrons. The fourth-order valence-electron chi connectivity index (χ4n) is 5.01. The number of hydrogen-bond acceptors (Lipinski definition) is 6. The summed E-state index contributed by atoms with van der Waals surface area (Å²) in [6.45, 7) is 0.360. The van der Waals surface area contributed by atoms with E-state index < -0.39 is 63.3 Å². The number of aromatic nitrogens is 2. The number of nitrogens with one attached hydrogen (secondary N) is 2. The largest absolute Gasteiger partial charge is 0.416 e. The van der Waals surface area contributed by atoms with Gasteiger partial charge in [-0.05, 0) is 78.7 Å². The molecule has 2 atom stereocenters. The number of hydrogen-bond donors (Lipinski definition) is 2. The Morgan fingerprint density at radius 3 is 2.30 bits per heavy atom. The van der Waals surface area contributed by atoms with Crippen molar-refractivity contribution in [2.24, 2.45) is 0 Å². The zero-order valence-corrected chi connectivity index (χ0v) is 24.9. The second kappa shape index (κ2) is 12.7. The van der Waals surface area contributed by atoms with Crippen LogP contribution in [0.3, 0.4) is 0 Å². The molecule has 2 aromatic carbocycles. The predicted octanol–water partition coefficient (Wildman–Crippen LogP) is 6.19. The molecule has 1 amide bonds. The van der Waals surface area contributed by atoms with Gasteiger partial charge in [-0.25, -0.2) is 26.6 Å². The summed E-state index contributed by atoms with van der Waals surface area (Å²) < 4.78 is 109. The van der Waals surface area contributed by atoms with Gasteiger partial charge < -0.3 is 10.6 Å². The monoisotopic (exact) mass is 663 g/mol. The molecule has 3 heterocycles. The Morgan fingerprint density at radius 1 is 1.02 bits per heavy atom. The van der Waals surface area contributed by atoms with Crippen LogP contribution in [-0.4, -0.2) is 47.1 Å². The molecule has 2 aromatic heterocycles. The number of carbonyl (C=O) groups excluding carboxylic acids is 1. The molecular formula is C31H27F6N5O3S. The zero-order chi connectivity index (χ0) is 33.3. The average molecular weight is 664 g/mol. The number of benzene rings is 2. The zero-order valence-electron chi connectivity index (χ0n) is 24.1. The van der Waals surface area contributed by atoms with E-state index in [1.807, 2.05) is 6.92 Å². The van der Waals surface area contributed by atoms with Crippen LogP contribution in [-0.2, 0) is 27.5 Å². The van der Waals surface area contributed by atoms with E-state index in [1.165, 1.54) is 18.2 Å². The Hall–Kier alpha value is -4.50. The molecule has 0 saturated carbocycles. The molecule has 1 aliphatic heterocycles. The molecule has 46 heavy (non-hydrogen) atoms. The van der Waals surface area contributed by atoms with Gasteiger partial charge in [0.2, 0.25) is 15.9 Å². The molecule has 242 valence electrons. The van der Waals surface area contributed by atoms with E-state index in [9.17, 15) is 39.6 Å². The lowest BCUT2D eigenvalue weighted by atomic mass is 10.1. The molecule has 1 aliphatic rings. The van der Waals surface area contributed by atoms with Crippen LogP contribution in [0.15, 0.2) is 90.1 Å². The third-order valence-electron chi connectivity index (χ3n) is 7.38. The Kier molecular flexibility index (Phi) is 9.09. The fourth-order valence-corrected chi connectivity index (χ4v) is 6.63. The first-order valence-corrected chi connectivity index (χ1v) is 15.3. The molecule has 0 aliphatic carbocycles. The van der Waals surface area contributed by atoms with E-state index in [1.54, 1.807) is 30.6 Å². The Labute approximate surface area is 260 Å². The third kappa shape index (κ3) is 7.48. The maximum atomic E-state index is 14.5. The maximum absolute atomic E-state index is 14.5. The summed E-state index contributed by atoms with van der Waals surface area (Å²) in [5.74, 6) is -4.91. The minimum atomic E-state index is -4.59. The number of halogens is 6. The minimum absolute atomic E-state index is 0.250. The summed E-state index contributed by atoms with van der Waals surface area (Å²) >= 11 is 0. The smallest absolute Gasteiger partial charge is 0.364 e. The van der Waals surface area contributed by atoms with Crippen LogP contribution in [0.1, 0.15) is 36.1 Å². The molecule has 4 aromatic rings. The standard InChI is InChI=1S/C31H27F6N5O3S/c1-19(21-10-12-38-13-11-21)40-28-15-20(14-26(41-28)22-2-4-23(5-3-22)31(35,36)37)17-39-29(43)27-16-30(33,34)18-42(27)46(44,45)25-8-6-24(32)7-9-25/h2-15,19,27H,16-18H2,1H3,(H,39,43)(H,40,41)/t19?,27-/m0/s1. The first-order chi connectivity index (χ1) is 21.6. The number of amides is 1. The van der Waals surface area contributed by atoms with Crippen molar-refractivity contribution in [2.45, 2.75) is 49.0 Å². The van der Waals surface area contributed by atoms with Crippen LogP contribution in [0.5, 0.6) is 0 Å². The molecule has 1 fully saturated rings. The van der Waals surface area contributed by atoms with Crippen LogP contribution in [0.25, 0.3) is 11.3 Å². The Balaban J connectivity index is 1.41. The van der Waals surface area contributed by atoms with Crippen LogP contribution < -0.4 is 10.6 Å². The highest BCUT2D eigenvalue weighted by Gasteiger charge is 2.52. The van der Waals surface area contributed by atoms with Crippen LogP contribution in [0.2, 0.25) is 0 Å². The first kappa shape index (κ1) is 32.9. The molecule has 1 unspecified atom stereocenters. The molecular weight excluding hydrogens is 636 g/mol. The SMILES string of the molecule is CC(Nc1cc(CNC(=O)[C@@H]2CC(F)(F)CN2S(=O)(=O)c2ccc(F)cc2)cc(-c2ccc(C(F)(F)F)cc2)n1)c1ccncc1. The maximum Gasteiger partial charge on any atom is 0.416 e. The predicted molar refractivity (Wildman–Crippen MR) is 156 cm³/mol. The van der Waals surface area contributed by atoms with Gasteiger partial charge in [0.1, 0.15) is 17.7 Å². The van der Waals surface area contributed by atoms with Crippen LogP contribution in [0.4, 0.5) is 32.2 Å². The molecule has 2 N–H and O–H groups in total. The lowest BCUT2D eigenvalue weighted by Crippen LogP contribution is -2.45. The topological polar surface area (TPSA) is 104 Å². The van der Waals surface area contributed by atoms with Gasteiger partial charge in [0, 0.05) is 30.9 Å². The molecule has 8 nitrogen and oxygen atoms in total. The van der Waals surface area contributed by atoms with E-state index in [4.69, 9.17) is 0 Å². The van der Waals surface area contributed by atoms with E-state index in [2.05, 4.69) is 20.6 Å². The summed E-state index contributed by atoms with van der Waals surface area (Å²) in [4.78, 5) is 21.3. The lowest BCUT2D eigenvalue weighted by molar-refractivity contribution is -0.137. The first-order valence-electron chi connectivity index (χ1n) is 13.9. The van der Waals surface area contributed by atoms with Crippen molar-refractivity contribution in [2.75, 3.05) is 11.9 Å². The number of sulfonamides is 1. The van der Waals surface area contributed by atoms with E-state index in [-0.39, 0.29) is 18.3 Å². The van der Waals surface area contributed by atoms with E-state index in [0.717, 1.165) is 42.0 Å². The quantitative estimate of drug-likeness (QED) is 0.207. The minimum Gasteiger partial charge on any atom is -0.364 e. The molecule has 15 heteroatoms. The second-order valence-electron chi connectivity index (χ2n) is 10.8. The summed E-state index contributed by atoms with van der Waals surface area (Å²) in [6.07, 6.45) is -2.40. The Morgan fingerprint density at radius 2 is 1.67 bits per heavy atom. The second-order valence-corrected chi connectivity index (χ2v) is 12.7. The van der Waals surface area contributed by atoms with Crippen molar-refractivity contribution in [3.8, 4) is 11.3 Å². The summed E-state index contributed by atoms with van der Waals surface area (Å²) in [5, 5.41) is 5.71. The van der Waals surface area contributed by atoms with Crippen molar-refractivity contribution in [3.63, 3.8) is 0 Å². The van der Waals surface area contributed by atoms with Crippen molar-refractivity contribution >= 4 is 21.7 Å². The highest BCUT2D eigenvalue weighted by atomic mass is 32.2. The average Bonchev–Trinajstić information content (AvgIpc) is 3.36. The summed E-state index contributed by atoms with van der Waals surface area (Å²) in [6, 6.07) is 12.5. The number of anilines is 1. The van der Waals surface area contributed by atoms with Gasteiger partial charge in [-0.2, -0.15) is 17.5 Å².